The highest BCUT2D eigenvalue weighted by atomic mass is 16.5. The number of Topliss-reactive ketones (excluding diaryl/α,β-unsaturated/α-hetero) is 1. The third-order valence-corrected chi connectivity index (χ3v) is 4.09. The lowest BCUT2D eigenvalue weighted by atomic mass is 9.72. The van der Waals surface area contributed by atoms with Crippen LogP contribution in [0.15, 0.2) is 0 Å². The molecule has 0 radical (unpaired) electrons. The van der Waals surface area contributed by atoms with E-state index in [1.54, 1.807) is 0 Å². The Morgan fingerprint density at radius 2 is 1.35 bits per heavy atom. The van der Waals surface area contributed by atoms with Crippen molar-refractivity contribution >= 4 is 5.78 Å². The Balaban J connectivity index is 0.000000686. The zero-order chi connectivity index (χ0) is 12.9. The van der Waals surface area contributed by atoms with Gasteiger partial charge in [-0.05, 0) is 37.5 Å². The lowest BCUT2D eigenvalue weighted by Crippen LogP contribution is -2.36. The predicted molar refractivity (Wildman–Crippen MR) is 67.4 cm³/mol. The molecule has 0 heterocycles. The van der Waals surface area contributed by atoms with Crippen LogP contribution in [0.1, 0.15) is 65.2 Å². The van der Waals surface area contributed by atoms with Crippen LogP contribution < -0.4 is 0 Å². The summed E-state index contributed by atoms with van der Waals surface area (Å²) >= 11 is 0. The van der Waals surface area contributed by atoms with Crippen LogP contribution >= 0.6 is 0 Å². The molecule has 0 saturated heterocycles. The van der Waals surface area contributed by atoms with Gasteiger partial charge >= 0.3 is 0 Å². The van der Waals surface area contributed by atoms with E-state index in [0.29, 0.717) is 30.5 Å². The Kier molecular flexibility index (Phi) is 5.60. The van der Waals surface area contributed by atoms with Crippen LogP contribution in [-0.4, -0.2) is 21.8 Å². The van der Waals surface area contributed by atoms with Crippen LogP contribution in [0.4, 0.5) is 0 Å². The van der Waals surface area contributed by atoms with Crippen molar-refractivity contribution in [2.24, 2.45) is 11.8 Å². The molecule has 0 aromatic heterocycles. The molecular weight excluding hydrogens is 216 g/mol. The third kappa shape index (κ3) is 4.40. The predicted octanol–water partition coefficient (Wildman–Crippen LogP) is 2.64. The second-order valence-electron chi connectivity index (χ2n) is 5.20. The quantitative estimate of drug-likeness (QED) is 0.695. The molecule has 3 nitrogen and oxygen atoms in total. The van der Waals surface area contributed by atoms with Gasteiger partial charge in [-0.15, -0.1) is 0 Å². The van der Waals surface area contributed by atoms with Crippen molar-refractivity contribution < 1.29 is 15.0 Å². The number of hydrogen-bond donors (Lipinski definition) is 2. The van der Waals surface area contributed by atoms with Crippen LogP contribution in [0.5, 0.6) is 0 Å². The summed E-state index contributed by atoms with van der Waals surface area (Å²) in [5, 5.41) is 18.9. The molecule has 0 bridgehead atoms. The SMILES string of the molecule is CC.O=C1CCC(C2CCC(O)(O)CC2)CC1. The smallest absolute Gasteiger partial charge is 0.162 e. The summed E-state index contributed by atoms with van der Waals surface area (Å²) in [5.74, 6) is 0.256. The molecule has 2 saturated carbocycles. The van der Waals surface area contributed by atoms with Crippen molar-refractivity contribution in [1.82, 2.24) is 0 Å². The van der Waals surface area contributed by atoms with Gasteiger partial charge in [0.05, 0.1) is 0 Å². The number of rotatable bonds is 1. The number of carbonyl (C=O) groups is 1. The van der Waals surface area contributed by atoms with Crippen molar-refractivity contribution in [1.29, 1.82) is 0 Å². The molecule has 0 spiro atoms. The minimum Gasteiger partial charge on any atom is -0.366 e. The normalized spacial score (nSPS) is 26.2. The van der Waals surface area contributed by atoms with E-state index in [2.05, 4.69) is 0 Å². The van der Waals surface area contributed by atoms with Gasteiger partial charge in [0.2, 0.25) is 0 Å². The molecular formula is C14H26O3. The van der Waals surface area contributed by atoms with Crippen LogP contribution in [0.25, 0.3) is 0 Å². The highest BCUT2D eigenvalue weighted by Gasteiger charge is 2.35. The fraction of sp³-hybridized carbons (Fsp3) is 0.929. The zero-order valence-electron chi connectivity index (χ0n) is 11.1. The summed E-state index contributed by atoms with van der Waals surface area (Å²) in [4.78, 5) is 11.1. The summed E-state index contributed by atoms with van der Waals surface area (Å²) in [6.07, 6.45) is 6.35. The molecule has 100 valence electrons. The highest BCUT2D eigenvalue weighted by Crippen LogP contribution is 2.39. The van der Waals surface area contributed by atoms with Gasteiger partial charge < -0.3 is 10.2 Å². The van der Waals surface area contributed by atoms with Crippen LogP contribution in [-0.2, 0) is 4.79 Å². The number of hydrogen-bond acceptors (Lipinski definition) is 3. The molecule has 2 aliphatic rings. The Hall–Kier alpha value is -0.410. The maximum absolute atomic E-state index is 11.1. The molecule has 0 aromatic carbocycles. The van der Waals surface area contributed by atoms with E-state index in [-0.39, 0.29) is 0 Å². The van der Waals surface area contributed by atoms with Crippen molar-refractivity contribution in [2.75, 3.05) is 0 Å². The Morgan fingerprint density at radius 3 is 1.82 bits per heavy atom. The topological polar surface area (TPSA) is 57.5 Å². The fourth-order valence-electron chi connectivity index (χ4n) is 3.01. The maximum atomic E-state index is 11.1. The molecule has 0 amide bonds. The molecule has 3 heteroatoms. The first-order chi connectivity index (χ1) is 8.07. The highest BCUT2D eigenvalue weighted by molar-refractivity contribution is 5.79. The summed E-state index contributed by atoms with van der Waals surface area (Å²) in [7, 11) is 0. The fourth-order valence-corrected chi connectivity index (χ4v) is 3.01. The lowest BCUT2D eigenvalue weighted by molar-refractivity contribution is -0.189. The third-order valence-electron chi connectivity index (χ3n) is 4.09. The van der Waals surface area contributed by atoms with Gasteiger partial charge in [0.1, 0.15) is 5.78 Å². The summed E-state index contributed by atoms with van der Waals surface area (Å²) in [6, 6.07) is 0. The van der Waals surface area contributed by atoms with Crippen molar-refractivity contribution in [3.63, 3.8) is 0 Å². The van der Waals surface area contributed by atoms with E-state index < -0.39 is 5.79 Å². The van der Waals surface area contributed by atoms with Gasteiger partial charge in [-0.1, -0.05) is 13.8 Å². The molecule has 17 heavy (non-hydrogen) atoms. The van der Waals surface area contributed by atoms with E-state index in [4.69, 9.17) is 0 Å². The monoisotopic (exact) mass is 242 g/mol. The van der Waals surface area contributed by atoms with E-state index in [0.717, 1.165) is 38.5 Å². The Labute approximate surface area is 104 Å². The van der Waals surface area contributed by atoms with E-state index in [1.807, 2.05) is 13.8 Å². The summed E-state index contributed by atoms with van der Waals surface area (Å²) in [6.45, 7) is 4.00. The Bertz CT molecular complexity index is 228. The lowest BCUT2D eigenvalue weighted by Gasteiger charge is -2.37. The first-order valence-electron chi connectivity index (χ1n) is 7.03. The Morgan fingerprint density at radius 1 is 0.941 bits per heavy atom. The van der Waals surface area contributed by atoms with Crippen molar-refractivity contribution in [3.05, 3.63) is 0 Å². The van der Waals surface area contributed by atoms with Gasteiger partial charge in [-0.25, -0.2) is 0 Å². The molecule has 2 rings (SSSR count). The molecule has 0 atom stereocenters. The minimum atomic E-state index is -1.42. The van der Waals surface area contributed by atoms with Gasteiger partial charge in [0.15, 0.2) is 5.79 Å². The first kappa shape index (κ1) is 14.7. The number of carbonyl (C=O) groups excluding carboxylic acids is 1. The average Bonchev–Trinajstić information content (AvgIpc) is 2.33. The molecule has 2 fully saturated rings. The van der Waals surface area contributed by atoms with Crippen LogP contribution in [0.2, 0.25) is 0 Å². The van der Waals surface area contributed by atoms with Gasteiger partial charge in [0, 0.05) is 25.7 Å². The van der Waals surface area contributed by atoms with Crippen LogP contribution in [0, 0.1) is 11.8 Å². The summed E-state index contributed by atoms with van der Waals surface area (Å²) < 4.78 is 0. The van der Waals surface area contributed by atoms with Crippen molar-refractivity contribution in [3.8, 4) is 0 Å². The van der Waals surface area contributed by atoms with Gasteiger partial charge in [-0.2, -0.15) is 0 Å². The number of ketones is 1. The summed E-state index contributed by atoms with van der Waals surface area (Å²) in [5.41, 5.74) is 0. The molecule has 0 unspecified atom stereocenters. The molecule has 0 aliphatic heterocycles. The average molecular weight is 242 g/mol. The molecule has 2 N–H and O–H groups in total. The van der Waals surface area contributed by atoms with E-state index in [9.17, 15) is 15.0 Å². The first-order valence-corrected chi connectivity index (χ1v) is 7.03. The van der Waals surface area contributed by atoms with Crippen LogP contribution in [0.3, 0.4) is 0 Å². The largest absolute Gasteiger partial charge is 0.366 e. The number of aliphatic hydroxyl groups is 2. The van der Waals surface area contributed by atoms with E-state index in [1.165, 1.54) is 0 Å². The molecule has 0 aromatic rings. The second kappa shape index (κ2) is 6.50. The minimum absolute atomic E-state index is 0.403. The van der Waals surface area contributed by atoms with Gasteiger partial charge in [-0.3, -0.25) is 4.79 Å². The zero-order valence-corrected chi connectivity index (χ0v) is 11.1. The maximum Gasteiger partial charge on any atom is 0.162 e. The van der Waals surface area contributed by atoms with Gasteiger partial charge in [0.25, 0.3) is 0 Å². The standard InChI is InChI=1S/C12H20O3.C2H6/c13-11-3-1-9(2-4-11)10-5-7-12(14,15)8-6-10;1-2/h9-10,14-15H,1-8H2;1-2H3. The van der Waals surface area contributed by atoms with E-state index >= 15 is 0 Å². The molecule has 2 aliphatic carbocycles. The second-order valence-corrected chi connectivity index (χ2v) is 5.20. The van der Waals surface area contributed by atoms with Crippen molar-refractivity contribution in [2.45, 2.75) is 71.0 Å².